The summed E-state index contributed by atoms with van der Waals surface area (Å²) in [4.78, 5) is 14.2. The third kappa shape index (κ3) is 4.38. The van der Waals surface area contributed by atoms with Crippen LogP contribution < -0.4 is 0 Å². The molecule has 0 bridgehead atoms. The van der Waals surface area contributed by atoms with Crippen LogP contribution in [0.5, 0.6) is 0 Å². The van der Waals surface area contributed by atoms with Crippen molar-refractivity contribution in [2.75, 3.05) is 32.7 Å². The second-order valence-electron chi connectivity index (χ2n) is 4.06. The summed E-state index contributed by atoms with van der Waals surface area (Å²) in [6.45, 7) is 2.57. The number of amides is 1. The van der Waals surface area contributed by atoms with Crippen molar-refractivity contribution < 1.29 is 18.0 Å². The highest BCUT2D eigenvalue weighted by Crippen LogP contribution is 2.18. The van der Waals surface area contributed by atoms with Crippen LogP contribution in [-0.2, 0) is 4.79 Å². The van der Waals surface area contributed by atoms with E-state index in [2.05, 4.69) is 0 Å². The summed E-state index contributed by atoms with van der Waals surface area (Å²) in [5, 5.41) is 0. The molecule has 0 atom stereocenters. The van der Waals surface area contributed by atoms with E-state index < -0.39 is 18.6 Å². The zero-order valence-corrected chi connectivity index (χ0v) is 9.39. The Morgan fingerprint density at radius 3 is 2.50 bits per heavy atom. The molecule has 0 spiro atoms. The second kappa shape index (κ2) is 5.52. The van der Waals surface area contributed by atoms with Gasteiger partial charge in [-0.05, 0) is 13.0 Å². The van der Waals surface area contributed by atoms with E-state index in [1.54, 1.807) is 0 Å². The molecule has 94 valence electrons. The number of alkyl halides is 3. The van der Waals surface area contributed by atoms with E-state index >= 15 is 0 Å². The molecule has 16 heavy (non-hydrogen) atoms. The number of hydrogen-bond acceptors (Lipinski definition) is 2. The van der Waals surface area contributed by atoms with Crippen molar-refractivity contribution in [2.45, 2.75) is 25.9 Å². The van der Waals surface area contributed by atoms with Gasteiger partial charge in [-0.15, -0.1) is 0 Å². The molecule has 0 radical (unpaired) electrons. The van der Waals surface area contributed by atoms with E-state index in [1.807, 2.05) is 11.8 Å². The summed E-state index contributed by atoms with van der Waals surface area (Å²) in [6.07, 6.45) is -2.29. The lowest BCUT2D eigenvalue weighted by Gasteiger charge is -2.34. The summed E-state index contributed by atoms with van der Waals surface area (Å²) in [5.41, 5.74) is 0. The Kier molecular flexibility index (Phi) is 4.58. The molecule has 1 fully saturated rings. The summed E-state index contributed by atoms with van der Waals surface area (Å²) in [7, 11) is 0. The van der Waals surface area contributed by atoms with Gasteiger partial charge in [0.05, 0.1) is 6.54 Å². The fraction of sp³-hybridized carbons (Fsp3) is 0.900. The molecule has 3 nitrogen and oxygen atoms in total. The van der Waals surface area contributed by atoms with Crippen LogP contribution in [0.2, 0.25) is 0 Å². The Morgan fingerprint density at radius 2 is 2.00 bits per heavy atom. The standard InChI is InChI=1S/C10H17F3N2O/c1-2-3-4-14-5-6-15(9(16)7-14)8-10(11,12)13/h2-8H2,1H3. The number of carbonyl (C=O) groups excluding carboxylic acids is 1. The van der Waals surface area contributed by atoms with Crippen LogP contribution in [0.1, 0.15) is 19.8 Å². The quantitative estimate of drug-likeness (QED) is 0.741. The molecular weight excluding hydrogens is 221 g/mol. The smallest absolute Gasteiger partial charge is 0.331 e. The average molecular weight is 238 g/mol. The van der Waals surface area contributed by atoms with Crippen molar-refractivity contribution in [3.05, 3.63) is 0 Å². The molecule has 0 unspecified atom stereocenters. The molecule has 0 aromatic carbocycles. The van der Waals surface area contributed by atoms with E-state index in [-0.39, 0.29) is 13.1 Å². The highest BCUT2D eigenvalue weighted by Gasteiger charge is 2.35. The topological polar surface area (TPSA) is 23.6 Å². The van der Waals surface area contributed by atoms with Crippen LogP contribution in [0.25, 0.3) is 0 Å². The van der Waals surface area contributed by atoms with Crippen molar-refractivity contribution in [1.82, 2.24) is 9.80 Å². The van der Waals surface area contributed by atoms with E-state index in [0.717, 1.165) is 24.3 Å². The molecule has 1 rings (SSSR count). The first-order valence-corrected chi connectivity index (χ1v) is 5.49. The molecule has 0 N–H and O–H groups in total. The number of piperazine rings is 1. The molecule has 1 heterocycles. The third-order valence-electron chi connectivity index (χ3n) is 2.60. The molecule has 1 amide bonds. The van der Waals surface area contributed by atoms with E-state index in [9.17, 15) is 18.0 Å². The second-order valence-corrected chi connectivity index (χ2v) is 4.06. The minimum atomic E-state index is -4.29. The van der Waals surface area contributed by atoms with Gasteiger partial charge in [0.15, 0.2) is 0 Å². The lowest BCUT2D eigenvalue weighted by atomic mass is 10.2. The van der Waals surface area contributed by atoms with Gasteiger partial charge in [-0.3, -0.25) is 9.69 Å². The van der Waals surface area contributed by atoms with Gasteiger partial charge in [0.1, 0.15) is 6.54 Å². The predicted octanol–water partition coefficient (Wildman–Crippen LogP) is 1.49. The Labute approximate surface area is 93.2 Å². The molecule has 0 aromatic rings. The normalized spacial score (nSPS) is 19.2. The largest absolute Gasteiger partial charge is 0.406 e. The molecule has 1 aliphatic heterocycles. The van der Waals surface area contributed by atoms with Gasteiger partial charge in [-0.25, -0.2) is 0 Å². The maximum atomic E-state index is 12.1. The SMILES string of the molecule is CCCCN1CCN(CC(F)(F)F)C(=O)C1. The number of rotatable bonds is 4. The number of hydrogen-bond donors (Lipinski definition) is 0. The van der Waals surface area contributed by atoms with Crippen LogP contribution in [0, 0.1) is 0 Å². The van der Waals surface area contributed by atoms with Gasteiger partial charge < -0.3 is 4.90 Å². The number of carbonyl (C=O) groups is 1. The highest BCUT2D eigenvalue weighted by molar-refractivity contribution is 5.79. The summed E-state index contributed by atoms with van der Waals surface area (Å²) < 4.78 is 36.3. The lowest BCUT2D eigenvalue weighted by Crippen LogP contribution is -2.52. The molecule has 0 saturated carbocycles. The molecule has 0 aliphatic carbocycles. The first-order valence-electron chi connectivity index (χ1n) is 5.49. The van der Waals surface area contributed by atoms with Crippen molar-refractivity contribution in [1.29, 1.82) is 0 Å². The van der Waals surface area contributed by atoms with Crippen molar-refractivity contribution in [2.24, 2.45) is 0 Å². The van der Waals surface area contributed by atoms with Crippen molar-refractivity contribution in [3.63, 3.8) is 0 Å². The third-order valence-corrected chi connectivity index (χ3v) is 2.60. The first-order chi connectivity index (χ1) is 7.42. The van der Waals surface area contributed by atoms with Gasteiger partial charge in [0.25, 0.3) is 0 Å². The van der Waals surface area contributed by atoms with E-state index in [1.165, 1.54) is 0 Å². The van der Waals surface area contributed by atoms with Crippen molar-refractivity contribution >= 4 is 5.91 Å². The Balaban J connectivity index is 2.37. The summed E-state index contributed by atoms with van der Waals surface area (Å²) in [5.74, 6) is -0.417. The average Bonchev–Trinajstić information content (AvgIpc) is 2.17. The van der Waals surface area contributed by atoms with E-state index in [0.29, 0.717) is 6.54 Å². The molecule has 1 aliphatic rings. The monoisotopic (exact) mass is 238 g/mol. The minimum Gasteiger partial charge on any atom is -0.331 e. The maximum absolute atomic E-state index is 12.1. The Hall–Kier alpha value is -0.780. The van der Waals surface area contributed by atoms with Gasteiger partial charge in [0, 0.05) is 13.1 Å². The summed E-state index contributed by atoms with van der Waals surface area (Å²) in [6, 6.07) is 0. The van der Waals surface area contributed by atoms with Gasteiger partial charge in [0.2, 0.25) is 5.91 Å². The Bertz CT molecular complexity index is 243. The molecular formula is C10H17F3N2O. The molecule has 0 aromatic heterocycles. The van der Waals surface area contributed by atoms with Crippen LogP contribution in [0.3, 0.4) is 0 Å². The van der Waals surface area contributed by atoms with Crippen LogP contribution in [-0.4, -0.2) is 54.6 Å². The zero-order chi connectivity index (χ0) is 12.2. The van der Waals surface area contributed by atoms with Gasteiger partial charge in [-0.2, -0.15) is 13.2 Å². The summed E-state index contributed by atoms with van der Waals surface area (Å²) >= 11 is 0. The first kappa shape index (κ1) is 13.3. The van der Waals surface area contributed by atoms with Crippen LogP contribution in [0.15, 0.2) is 0 Å². The highest BCUT2D eigenvalue weighted by atomic mass is 19.4. The number of unbranched alkanes of at least 4 members (excludes halogenated alkanes) is 1. The number of halogens is 3. The molecule has 1 saturated heterocycles. The molecule has 6 heteroatoms. The van der Waals surface area contributed by atoms with Gasteiger partial charge in [-0.1, -0.05) is 13.3 Å². The lowest BCUT2D eigenvalue weighted by molar-refractivity contribution is -0.165. The fourth-order valence-electron chi connectivity index (χ4n) is 1.71. The van der Waals surface area contributed by atoms with Crippen molar-refractivity contribution in [3.8, 4) is 0 Å². The Morgan fingerprint density at radius 1 is 1.31 bits per heavy atom. The van der Waals surface area contributed by atoms with Crippen LogP contribution in [0.4, 0.5) is 13.2 Å². The van der Waals surface area contributed by atoms with E-state index in [4.69, 9.17) is 0 Å². The minimum absolute atomic E-state index is 0.121. The number of nitrogens with zero attached hydrogens (tertiary/aromatic N) is 2. The van der Waals surface area contributed by atoms with Gasteiger partial charge >= 0.3 is 6.18 Å². The fourth-order valence-corrected chi connectivity index (χ4v) is 1.71. The predicted molar refractivity (Wildman–Crippen MR) is 54.0 cm³/mol. The maximum Gasteiger partial charge on any atom is 0.406 e. The van der Waals surface area contributed by atoms with Crippen LogP contribution >= 0.6 is 0 Å². The zero-order valence-electron chi connectivity index (χ0n) is 9.39.